The number of hydrogen-bond donors (Lipinski definition) is 1. The van der Waals surface area contributed by atoms with E-state index in [4.69, 9.17) is 0 Å². The van der Waals surface area contributed by atoms with Gasteiger partial charge in [-0.25, -0.2) is 0 Å². The van der Waals surface area contributed by atoms with E-state index >= 15 is 0 Å². The van der Waals surface area contributed by atoms with Crippen LogP contribution in [0.15, 0.2) is 0 Å². The first-order valence-electron chi connectivity index (χ1n) is 8.15. The van der Waals surface area contributed by atoms with Gasteiger partial charge < -0.3 is 5.11 Å². The van der Waals surface area contributed by atoms with E-state index < -0.39 is 5.97 Å². The number of carbonyl (C=O) groups is 1. The Hall–Kier alpha value is -0.570. The number of rotatable bonds is 2. The minimum Gasteiger partial charge on any atom is -0.481 e. The van der Waals surface area contributed by atoms with E-state index in [1.807, 2.05) is 0 Å². The fourth-order valence-electron chi connectivity index (χ4n) is 4.59. The summed E-state index contributed by atoms with van der Waals surface area (Å²) >= 11 is 0. The third-order valence-electron chi connectivity index (χ3n) is 5.75. The van der Waals surface area contributed by atoms with Gasteiger partial charge in [0.1, 0.15) is 0 Å². The minimum atomic E-state index is -0.575. The molecule has 3 heteroatoms. The molecule has 3 aliphatic rings. The fraction of sp³-hybridized carbons (Fsp3) is 0.938. The van der Waals surface area contributed by atoms with Crippen molar-refractivity contribution in [2.24, 2.45) is 11.3 Å². The van der Waals surface area contributed by atoms with E-state index in [9.17, 15) is 9.90 Å². The zero-order chi connectivity index (χ0) is 13.3. The number of carboxylic acids is 1. The van der Waals surface area contributed by atoms with Crippen molar-refractivity contribution in [1.82, 2.24) is 4.90 Å². The summed E-state index contributed by atoms with van der Waals surface area (Å²) in [5.74, 6) is -0.654. The van der Waals surface area contributed by atoms with Gasteiger partial charge in [0, 0.05) is 19.1 Å². The van der Waals surface area contributed by atoms with Crippen molar-refractivity contribution in [1.29, 1.82) is 0 Å². The quantitative estimate of drug-likeness (QED) is 0.833. The molecule has 0 bridgehead atoms. The first-order chi connectivity index (χ1) is 9.19. The predicted molar refractivity (Wildman–Crippen MR) is 75.1 cm³/mol. The normalized spacial score (nSPS) is 35.6. The third-order valence-corrected chi connectivity index (χ3v) is 5.75. The Balaban J connectivity index is 1.53. The lowest BCUT2D eigenvalue weighted by molar-refractivity contribution is -0.144. The Bertz CT molecular complexity index is 326. The average molecular weight is 265 g/mol. The molecule has 0 amide bonds. The molecule has 108 valence electrons. The second-order valence-corrected chi connectivity index (χ2v) is 7.17. The van der Waals surface area contributed by atoms with Crippen molar-refractivity contribution in [2.45, 2.75) is 70.3 Å². The van der Waals surface area contributed by atoms with Gasteiger partial charge in [-0.05, 0) is 37.5 Å². The van der Waals surface area contributed by atoms with Gasteiger partial charge in [0.2, 0.25) is 0 Å². The topological polar surface area (TPSA) is 40.5 Å². The maximum absolute atomic E-state index is 11.2. The maximum Gasteiger partial charge on any atom is 0.306 e. The summed E-state index contributed by atoms with van der Waals surface area (Å²) in [6.45, 7) is 2.51. The van der Waals surface area contributed by atoms with Crippen LogP contribution < -0.4 is 0 Å². The van der Waals surface area contributed by atoms with Crippen LogP contribution in [0.4, 0.5) is 0 Å². The molecule has 1 saturated heterocycles. The van der Waals surface area contributed by atoms with Gasteiger partial charge in [-0.1, -0.05) is 32.1 Å². The van der Waals surface area contributed by atoms with Crippen molar-refractivity contribution >= 4 is 5.97 Å². The average Bonchev–Trinajstić information content (AvgIpc) is 2.62. The summed E-state index contributed by atoms with van der Waals surface area (Å²) in [4.78, 5) is 13.7. The van der Waals surface area contributed by atoms with E-state index in [1.165, 1.54) is 58.0 Å². The molecule has 0 aromatic heterocycles. The van der Waals surface area contributed by atoms with Crippen LogP contribution in [0.25, 0.3) is 0 Å². The molecule has 19 heavy (non-hydrogen) atoms. The predicted octanol–water partition coefficient (Wildman–Crippen LogP) is 3.29. The summed E-state index contributed by atoms with van der Waals surface area (Å²) in [6.07, 6.45) is 12.6. The second kappa shape index (κ2) is 5.43. The van der Waals surface area contributed by atoms with Crippen LogP contribution >= 0.6 is 0 Å². The molecule has 1 spiro atoms. The van der Waals surface area contributed by atoms with Crippen LogP contribution in [0.1, 0.15) is 64.2 Å². The van der Waals surface area contributed by atoms with Crippen LogP contribution in [0.5, 0.6) is 0 Å². The fourth-order valence-corrected chi connectivity index (χ4v) is 4.59. The zero-order valence-corrected chi connectivity index (χ0v) is 11.9. The van der Waals surface area contributed by atoms with Gasteiger partial charge in [0.05, 0.1) is 5.92 Å². The number of carboxylic acid groups (broad SMARTS) is 1. The van der Waals surface area contributed by atoms with E-state index in [1.54, 1.807) is 0 Å². The van der Waals surface area contributed by atoms with Crippen LogP contribution in [-0.2, 0) is 4.79 Å². The number of nitrogens with zero attached hydrogens (tertiary/aromatic N) is 1. The van der Waals surface area contributed by atoms with Crippen LogP contribution in [-0.4, -0.2) is 35.1 Å². The molecular weight excluding hydrogens is 238 g/mol. The SMILES string of the molecule is O=C(O)C1CCCC(N2CC3(CCCCCC3)C2)C1. The van der Waals surface area contributed by atoms with E-state index in [2.05, 4.69) is 4.90 Å². The van der Waals surface area contributed by atoms with Gasteiger partial charge >= 0.3 is 5.97 Å². The first-order valence-corrected chi connectivity index (χ1v) is 8.15. The van der Waals surface area contributed by atoms with Gasteiger partial charge in [-0.15, -0.1) is 0 Å². The van der Waals surface area contributed by atoms with Gasteiger partial charge in [0.15, 0.2) is 0 Å². The number of likely N-dealkylation sites (tertiary alicyclic amines) is 1. The van der Waals surface area contributed by atoms with Crippen LogP contribution in [0.2, 0.25) is 0 Å². The van der Waals surface area contributed by atoms with Gasteiger partial charge in [-0.2, -0.15) is 0 Å². The molecule has 3 rings (SSSR count). The monoisotopic (exact) mass is 265 g/mol. The summed E-state index contributed by atoms with van der Waals surface area (Å²) < 4.78 is 0. The smallest absolute Gasteiger partial charge is 0.306 e. The Morgan fingerprint density at radius 1 is 1.00 bits per heavy atom. The minimum absolute atomic E-state index is 0.0792. The summed E-state index contributed by atoms with van der Waals surface area (Å²) in [5, 5.41) is 9.19. The lowest BCUT2D eigenvalue weighted by Gasteiger charge is -2.54. The molecule has 2 saturated carbocycles. The standard InChI is InChI=1S/C16H27NO2/c18-15(19)13-6-5-7-14(10-13)17-11-16(12-17)8-3-1-2-4-9-16/h13-14H,1-12H2,(H,18,19). The lowest BCUT2D eigenvalue weighted by atomic mass is 9.71. The first kappa shape index (κ1) is 13.4. The Labute approximate surface area is 116 Å². The van der Waals surface area contributed by atoms with Crippen molar-refractivity contribution in [2.75, 3.05) is 13.1 Å². The molecule has 0 radical (unpaired) electrons. The Morgan fingerprint density at radius 3 is 2.32 bits per heavy atom. The lowest BCUT2D eigenvalue weighted by Crippen LogP contribution is -2.60. The third kappa shape index (κ3) is 2.81. The second-order valence-electron chi connectivity index (χ2n) is 7.17. The van der Waals surface area contributed by atoms with Crippen LogP contribution in [0, 0.1) is 11.3 Å². The molecule has 1 heterocycles. The molecule has 0 aromatic carbocycles. The van der Waals surface area contributed by atoms with E-state index in [0.29, 0.717) is 11.5 Å². The molecular formula is C16H27NO2. The van der Waals surface area contributed by atoms with Crippen molar-refractivity contribution in [3.8, 4) is 0 Å². The number of aliphatic carboxylic acids is 1. The van der Waals surface area contributed by atoms with Crippen molar-refractivity contribution in [3.05, 3.63) is 0 Å². The molecule has 1 aliphatic heterocycles. The zero-order valence-electron chi connectivity index (χ0n) is 11.9. The summed E-state index contributed by atoms with van der Waals surface area (Å²) in [7, 11) is 0. The van der Waals surface area contributed by atoms with E-state index in [-0.39, 0.29) is 5.92 Å². The Morgan fingerprint density at radius 2 is 1.68 bits per heavy atom. The van der Waals surface area contributed by atoms with Crippen molar-refractivity contribution in [3.63, 3.8) is 0 Å². The van der Waals surface area contributed by atoms with E-state index in [0.717, 1.165) is 19.3 Å². The number of hydrogen-bond acceptors (Lipinski definition) is 2. The molecule has 1 N–H and O–H groups in total. The maximum atomic E-state index is 11.2. The molecule has 2 aliphatic carbocycles. The highest BCUT2D eigenvalue weighted by Crippen LogP contribution is 2.45. The highest BCUT2D eigenvalue weighted by atomic mass is 16.4. The van der Waals surface area contributed by atoms with Gasteiger partial charge in [0.25, 0.3) is 0 Å². The molecule has 0 aromatic rings. The summed E-state index contributed by atoms with van der Waals surface area (Å²) in [6, 6.07) is 0.559. The van der Waals surface area contributed by atoms with Crippen LogP contribution in [0.3, 0.4) is 0 Å². The molecule has 2 atom stereocenters. The molecule has 3 nitrogen and oxygen atoms in total. The van der Waals surface area contributed by atoms with Gasteiger partial charge in [-0.3, -0.25) is 9.69 Å². The highest BCUT2D eigenvalue weighted by molar-refractivity contribution is 5.70. The Kier molecular flexibility index (Phi) is 3.84. The summed E-state index contributed by atoms with van der Waals surface area (Å²) in [5.41, 5.74) is 0.618. The largest absolute Gasteiger partial charge is 0.481 e. The van der Waals surface area contributed by atoms with Crippen molar-refractivity contribution < 1.29 is 9.90 Å². The highest BCUT2D eigenvalue weighted by Gasteiger charge is 2.46. The molecule has 2 unspecified atom stereocenters. The molecule has 3 fully saturated rings.